The second-order valence-electron chi connectivity index (χ2n) is 2.40. The Morgan fingerprint density at radius 2 is 2.27 bits per heavy atom. The van der Waals surface area contributed by atoms with E-state index in [1.54, 1.807) is 11.3 Å². The van der Waals surface area contributed by atoms with Crippen molar-refractivity contribution in [2.75, 3.05) is 0 Å². The second-order valence-corrected chi connectivity index (χ2v) is 3.86. The summed E-state index contributed by atoms with van der Waals surface area (Å²) < 4.78 is 0. The van der Waals surface area contributed by atoms with Crippen molar-refractivity contribution in [2.24, 2.45) is 0 Å². The standard InChI is InChI=1S/C9H10OS/c1-4-9(10)8-5-6(2)11-7(8)3/h4-5H,1H2,2-3H3. The fourth-order valence-corrected chi connectivity index (χ4v) is 1.91. The SMILES string of the molecule is C=CC(=O)c1cc(C)sc1C. The van der Waals surface area contributed by atoms with Gasteiger partial charge in [0.1, 0.15) is 0 Å². The summed E-state index contributed by atoms with van der Waals surface area (Å²) in [5.41, 5.74) is 0.794. The summed E-state index contributed by atoms with van der Waals surface area (Å²) in [5, 5.41) is 0. The van der Waals surface area contributed by atoms with E-state index in [-0.39, 0.29) is 5.78 Å². The van der Waals surface area contributed by atoms with Crippen LogP contribution >= 0.6 is 11.3 Å². The molecule has 1 aromatic heterocycles. The summed E-state index contributed by atoms with van der Waals surface area (Å²) in [6, 6.07) is 1.91. The van der Waals surface area contributed by atoms with Crippen LogP contribution in [0.4, 0.5) is 0 Å². The van der Waals surface area contributed by atoms with Crippen LogP contribution < -0.4 is 0 Å². The zero-order chi connectivity index (χ0) is 8.43. The van der Waals surface area contributed by atoms with Crippen LogP contribution in [0, 0.1) is 13.8 Å². The molecule has 0 atom stereocenters. The fraction of sp³-hybridized carbons (Fsp3) is 0.222. The summed E-state index contributed by atoms with van der Waals surface area (Å²) in [6.07, 6.45) is 1.36. The van der Waals surface area contributed by atoms with Crippen molar-refractivity contribution in [1.82, 2.24) is 0 Å². The largest absolute Gasteiger partial charge is 0.289 e. The molecule has 0 aliphatic carbocycles. The zero-order valence-electron chi connectivity index (χ0n) is 6.68. The minimum atomic E-state index is 0.0202. The Morgan fingerprint density at radius 3 is 2.64 bits per heavy atom. The topological polar surface area (TPSA) is 17.1 Å². The van der Waals surface area contributed by atoms with E-state index in [4.69, 9.17) is 0 Å². The molecule has 0 saturated heterocycles. The third-order valence-electron chi connectivity index (χ3n) is 1.49. The van der Waals surface area contributed by atoms with E-state index in [1.807, 2.05) is 19.9 Å². The molecule has 0 radical (unpaired) electrons. The molecule has 1 rings (SSSR count). The van der Waals surface area contributed by atoms with Gasteiger partial charge in [-0.2, -0.15) is 0 Å². The third kappa shape index (κ3) is 1.57. The van der Waals surface area contributed by atoms with Gasteiger partial charge in [-0.25, -0.2) is 0 Å². The molecular weight excluding hydrogens is 156 g/mol. The Labute approximate surface area is 70.4 Å². The van der Waals surface area contributed by atoms with E-state index in [0.29, 0.717) is 0 Å². The minimum Gasteiger partial charge on any atom is -0.289 e. The van der Waals surface area contributed by atoms with Gasteiger partial charge in [-0.3, -0.25) is 4.79 Å². The molecule has 0 amide bonds. The molecule has 0 aliphatic rings. The van der Waals surface area contributed by atoms with Crippen LogP contribution in [0.3, 0.4) is 0 Å². The van der Waals surface area contributed by atoms with E-state index < -0.39 is 0 Å². The number of hydrogen-bond acceptors (Lipinski definition) is 2. The van der Waals surface area contributed by atoms with E-state index in [9.17, 15) is 4.79 Å². The average Bonchev–Trinajstić information content (AvgIpc) is 2.28. The van der Waals surface area contributed by atoms with Gasteiger partial charge in [0.2, 0.25) is 0 Å². The molecule has 11 heavy (non-hydrogen) atoms. The normalized spacial score (nSPS) is 9.64. The molecule has 1 heterocycles. The zero-order valence-corrected chi connectivity index (χ0v) is 7.49. The molecule has 0 aliphatic heterocycles. The molecule has 2 heteroatoms. The van der Waals surface area contributed by atoms with Crippen molar-refractivity contribution in [3.8, 4) is 0 Å². The van der Waals surface area contributed by atoms with Crippen LogP contribution in [0.2, 0.25) is 0 Å². The van der Waals surface area contributed by atoms with Crippen molar-refractivity contribution in [1.29, 1.82) is 0 Å². The number of carbonyl (C=O) groups excluding carboxylic acids is 1. The van der Waals surface area contributed by atoms with Gasteiger partial charge >= 0.3 is 0 Å². The Bertz CT molecular complexity index is 297. The molecule has 58 valence electrons. The van der Waals surface area contributed by atoms with Gasteiger partial charge in [-0.05, 0) is 26.0 Å². The van der Waals surface area contributed by atoms with Crippen LogP contribution in [0.15, 0.2) is 18.7 Å². The molecule has 0 spiro atoms. The van der Waals surface area contributed by atoms with Crippen LogP contribution in [0.25, 0.3) is 0 Å². The minimum absolute atomic E-state index is 0.0202. The number of rotatable bonds is 2. The van der Waals surface area contributed by atoms with Gasteiger partial charge in [0.05, 0.1) is 0 Å². The predicted octanol–water partition coefficient (Wildman–Crippen LogP) is 2.73. The van der Waals surface area contributed by atoms with Crippen molar-refractivity contribution in [2.45, 2.75) is 13.8 Å². The van der Waals surface area contributed by atoms with Crippen molar-refractivity contribution in [3.63, 3.8) is 0 Å². The highest BCUT2D eigenvalue weighted by atomic mass is 32.1. The van der Waals surface area contributed by atoms with Crippen LogP contribution in [-0.2, 0) is 0 Å². The van der Waals surface area contributed by atoms with Crippen molar-refractivity contribution >= 4 is 17.1 Å². The summed E-state index contributed by atoms with van der Waals surface area (Å²) in [6.45, 7) is 7.39. The summed E-state index contributed by atoms with van der Waals surface area (Å²) in [5.74, 6) is 0.0202. The molecule has 0 bridgehead atoms. The average molecular weight is 166 g/mol. The summed E-state index contributed by atoms with van der Waals surface area (Å²) in [4.78, 5) is 13.4. The van der Waals surface area contributed by atoms with Crippen LogP contribution in [0.5, 0.6) is 0 Å². The Balaban J connectivity index is 3.12. The number of carbonyl (C=O) groups is 1. The summed E-state index contributed by atoms with van der Waals surface area (Å²) in [7, 11) is 0. The second kappa shape index (κ2) is 3.01. The van der Waals surface area contributed by atoms with Crippen molar-refractivity contribution < 1.29 is 4.79 Å². The molecule has 0 saturated carbocycles. The van der Waals surface area contributed by atoms with E-state index in [1.165, 1.54) is 11.0 Å². The molecule has 0 fully saturated rings. The fourth-order valence-electron chi connectivity index (χ4n) is 0.985. The highest BCUT2D eigenvalue weighted by Gasteiger charge is 2.07. The summed E-state index contributed by atoms with van der Waals surface area (Å²) >= 11 is 1.64. The van der Waals surface area contributed by atoms with Crippen LogP contribution in [0.1, 0.15) is 20.1 Å². The lowest BCUT2D eigenvalue weighted by Gasteiger charge is -1.89. The number of allylic oxidation sites excluding steroid dienone is 1. The Kier molecular flexibility index (Phi) is 2.25. The Hall–Kier alpha value is -0.890. The number of ketones is 1. The molecule has 0 N–H and O–H groups in total. The highest BCUT2D eigenvalue weighted by molar-refractivity contribution is 7.12. The first-order valence-electron chi connectivity index (χ1n) is 3.39. The first-order valence-corrected chi connectivity index (χ1v) is 4.20. The van der Waals surface area contributed by atoms with E-state index in [0.717, 1.165) is 10.4 Å². The van der Waals surface area contributed by atoms with Gasteiger partial charge in [-0.1, -0.05) is 6.58 Å². The maximum atomic E-state index is 11.1. The van der Waals surface area contributed by atoms with Gasteiger partial charge in [0, 0.05) is 15.3 Å². The molecular formula is C9H10OS. The smallest absolute Gasteiger partial charge is 0.186 e. The maximum Gasteiger partial charge on any atom is 0.186 e. The maximum absolute atomic E-state index is 11.1. The lowest BCUT2D eigenvalue weighted by atomic mass is 10.1. The number of thiophene rings is 1. The third-order valence-corrected chi connectivity index (χ3v) is 2.46. The predicted molar refractivity (Wildman–Crippen MR) is 48.3 cm³/mol. The number of hydrogen-bond donors (Lipinski definition) is 0. The highest BCUT2D eigenvalue weighted by Crippen LogP contribution is 2.20. The van der Waals surface area contributed by atoms with E-state index in [2.05, 4.69) is 6.58 Å². The van der Waals surface area contributed by atoms with Gasteiger partial charge in [0.15, 0.2) is 5.78 Å². The quantitative estimate of drug-likeness (QED) is 0.487. The Morgan fingerprint density at radius 1 is 1.64 bits per heavy atom. The van der Waals surface area contributed by atoms with Crippen molar-refractivity contribution in [3.05, 3.63) is 34.0 Å². The number of aryl methyl sites for hydroxylation is 2. The lowest BCUT2D eigenvalue weighted by Crippen LogP contribution is -1.91. The van der Waals surface area contributed by atoms with Gasteiger partial charge in [-0.15, -0.1) is 11.3 Å². The van der Waals surface area contributed by atoms with Gasteiger partial charge in [0.25, 0.3) is 0 Å². The first-order chi connectivity index (χ1) is 5.15. The first kappa shape index (κ1) is 8.21. The molecule has 1 nitrogen and oxygen atoms in total. The molecule has 0 unspecified atom stereocenters. The molecule has 0 aromatic carbocycles. The van der Waals surface area contributed by atoms with Crippen LogP contribution in [-0.4, -0.2) is 5.78 Å². The lowest BCUT2D eigenvalue weighted by molar-refractivity contribution is 0.104. The monoisotopic (exact) mass is 166 g/mol. The molecule has 1 aromatic rings. The van der Waals surface area contributed by atoms with E-state index >= 15 is 0 Å². The van der Waals surface area contributed by atoms with Gasteiger partial charge < -0.3 is 0 Å².